The van der Waals surface area contributed by atoms with Gasteiger partial charge in [-0.25, -0.2) is 9.29 Å². The van der Waals surface area contributed by atoms with E-state index in [0.29, 0.717) is 0 Å². The van der Waals surface area contributed by atoms with Crippen molar-refractivity contribution in [3.05, 3.63) is 24.0 Å². The molecule has 1 saturated carbocycles. The fourth-order valence-corrected chi connectivity index (χ4v) is 3.31. The van der Waals surface area contributed by atoms with Crippen LogP contribution in [0.1, 0.15) is 38.5 Å². The van der Waals surface area contributed by atoms with Crippen molar-refractivity contribution in [2.75, 3.05) is 4.90 Å². The van der Waals surface area contributed by atoms with E-state index in [1.165, 1.54) is 6.07 Å². The molecule has 1 aliphatic carbocycles. The zero-order valence-electron chi connectivity index (χ0n) is 11.1. The Labute approximate surface area is 116 Å². The minimum Gasteiger partial charge on any atom is -0.505 e. The van der Waals surface area contributed by atoms with Crippen LogP contribution >= 0.6 is 0 Å². The van der Waals surface area contributed by atoms with Gasteiger partial charge in [-0.2, -0.15) is 0 Å². The highest BCUT2D eigenvalue weighted by atomic mass is 19.1. The van der Waals surface area contributed by atoms with Crippen LogP contribution in [0, 0.1) is 11.2 Å². The van der Waals surface area contributed by atoms with Gasteiger partial charge in [0.1, 0.15) is 0 Å². The fourth-order valence-electron chi connectivity index (χ4n) is 3.31. The number of amides is 2. The zero-order chi connectivity index (χ0) is 14.3. The molecule has 1 aromatic rings. The standard InChI is InChI=1S/C15H16FNO3/c16-11-8-10(4-5-12(11)18)17-13(19)9-15(14(17)20)6-2-1-3-7-15/h4-5,8,18H,1-3,6-7,9H2. The number of phenols is 1. The summed E-state index contributed by atoms with van der Waals surface area (Å²) in [6, 6.07) is 3.60. The lowest BCUT2D eigenvalue weighted by molar-refractivity contribution is -0.127. The molecule has 4 nitrogen and oxygen atoms in total. The molecular formula is C15H16FNO3. The Kier molecular flexibility index (Phi) is 3.00. The number of aromatic hydroxyl groups is 1. The molecule has 0 aromatic heterocycles. The molecule has 1 spiro atoms. The van der Waals surface area contributed by atoms with Crippen LogP contribution in [0.2, 0.25) is 0 Å². The lowest BCUT2D eigenvalue weighted by atomic mass is 9.73. The maximum atomic E-state index is 13.4. The Morgan fingerprint density at radius 3 is 2.50 bits per heavy atom. The summed E-state index contributed by atoms with van der Waals surface area (Å²) in [6.07, 6.45) is 4.68. The summed E-state index contributed by atoms with van der Waals surface area (Å²) in [7, 11) is 0. The molecule has 0 unspecified atom stereocenters. The fraction of sp³-hybridized carbons (Fsp3) is 0.467. The molecule has 1 heterocycles. The summed E-state index contributed by atoms with van der Waals surface area (Å²) in [4.78, 5) is 25.9. The van der Waals surface area contributed by atoms with Gasteiger partial charge < -0.3 is 5.11 Å². The van der Waals surface area contributed by atoms with Crippen molar-refractivity contribution >= 4 is 17.5 Å². The topological polar surface area (TPSA) is 57.6 Å². The minimum atomic E-state index is -0.826. The molecule has 0 bridgehead atoms. The van der Waals surface area contributed by atoms with E-state index in [9.17, 15) is 19.1 Å². The summed E-state index contributed by atoms with van der Waals surface area (Å²) >= 11 is 0. The molecule has 5 heteroatoms. The maximum absolute atomic E-state index is 13.4. The molecule has 20 heavy (non-hydrogen) atoms. The maximum Gasteiger partial charge on any atom is 0.240 e. The van der Waals surface area contributed by atoms with Gasteiger partial charge in [0.05, 0.1) is 11.1 Å². The van der Waals surface area contributed by atoms with Crippen molar-refractivity contribution in [2.45, 2.75) is 38.5 Å². The van der Waals surface area contributed by atoms with Crippen LogP contribution in [0.15, 0.2) is 18.2 Å². The molecule has 0 radical (unpaired) electrons. The van der Waals surface area contributed by atoms with Crippen molar-refractivity contribution in [2.24, 2.45) is 5.41 Å². The number of anilines is 1. The van der Waals surface area contributed by atoms with Gasteiger partial charge >= 0.3 is 0 Å². The molecule has 106 valence electrons. The van der Waals surface area contributed by atoms with Gasteiger partial charge in [-0.3, -0.25) is 9.59 Å². The van der Waals surface area contributed by atoms with Crippen molar-refractivity contribution < 1.29 is 19.1 Å². The smallest absolute Gasteiger partial charge is 0.240 e. The third kappa shape index (κ3) is 1.88. The first-order valence-corrected chi connectivity index (χ1v) is 6.89. The van der Waals surface area contributed by atoms with E-state index < -0.39 is 17.0 Å². The van der Waals surface area contributed by atoms with Gasteiger partial charge in [-0.1, -0.05) is 19.3 Å². The summed E-state index contributed by atoms with van der Waals surface area (Å²) in [6.45, 7) is 0. The van der Waals surface area contributed by atoms with E-state index in [4.69, 9.17) is 0 Å². The van der Waals surface area contributed by atoms with Gasteiger partial charge in [0.25, 0.3) is 0 Å². The SMILES string of the molecule is O=C1CC2(CCCCC2)C(=O)N1c1ccc(O)c(F)c1. The molecule has 3 rings (SSSR count). The number of halogens is 1. The summed E-state index contributed by atoms with van der Waals surface area (Å²) in [5.74, 6) is -1.80. The van der Waals surface area contributed by atoms with E-state index in [2.05, 4.69) is 0 Å². The van der Waals surface area contributed by atoms with Gasteiger partial charge in [0.15, 0.2) is 11.6 Å². The highest BCUT2D eigenvalue weighted by molar-refractivity contribution is 6.22. The first-order valence-electron chi connectivity index (χ1n) is 6.89. The normalized spacial score (nSPS) is 21.8. The van der Waals surface area contributed by atoms with Crippen LogP contribution in [-0.2, 0) is 9.59 Å². The number of hydrogen-bond donors (Lipinski definition) is 1. The number of imide groups is 1. The number of carbonyl (C=O) groups excluding carboxylic acids is 2. The predicted molar refractivity (Wildman–Crippen MR) is 70.7 cm³/mol. The van der Waals surface area contributed by atoms with Crippen LogP contribution in [0.5, 0.6) is 5.75 Å². The molecule has 2 amide bonds. The second-order valence-corrected chi connectivity index (χ2v) is 5.69. The van der Waals surface area contributed by atoms with Gasteiger partial charge in [-0.15, -0.1) is 0 Å². The van der Waals surface area contributed by atoms with Crippen molar-refractivity contribution in [3.63, 3.8) is 0 Å². The van der Waals surface area contributed by atoms with E-state index in [-0.39, 0.29) is 23.9 Å². The Bertz CT molecular complexity index is 578. The summed E-state index contributed by atoms with van der Waals surface area (Å²) in [5, 5.41) is 9.20. The predicted octanol–water partition coefficient (Wildman–Crippen LogP) is 2.75. The largest absolute Gasteiger partial charge is 0.505 e. The van der Waals surface area contributed by atoms with E-state index >= 15 is 0 Å². The van der Waals surface area contributed by atoms with Crippen LogP contribution < -0.4 is 4.90 Å². The van der Waals surface area contributed by atoms with Crippen LogP contribution in [0.4, 0.5) is 10.1 Å². The lowest BCUT2D eigenvalue weighted by Crippen LogP contribution is -2.37. The lowest BCUT2D eigenvalue weighted by Gasteiger charge is -2.30. The molecule has 1 aliphatic heterocycles. The van der Waals surface area contributed by atoms with Gasteiger partial charge in [0, 0.05) is 12.5 Å². The number of carbonyl (C=O) groups is 2. The monoisotopic (exact) mass is 277 g/mol. The number of rotatable bonds is 1. The highest BCUT2D eigenvalue weighted by Crippen LogP contribution is 2.46. The van der Waals surface area contributed by atoms with Crippen molar-refractivity contribution in [1.29, 1.82) is 0 Å². The number of phenolic OH excluding ortho intramolecular Hbond substituents is 1. The van der Waals surface area contributed by atoms with E-state index in [1.807, 2.05) is 0 Å². The van der Waals surface area contributed by atoms with Gasteiger partial charge in [-0.05, 0) is 25.0 Å². The summed E-state index contributed by atoms with van der Waals surface area (Å²) in [5.41, 5.74) is -0.373. The quantitative estimate of drug-likeness (QED) is 0.803. The first-order chi connectivity index (χ1) is 9.53. The second kappa shape index (κ2) is 4.58. The third-order valence-electron chi connectivity index (χ3n) is 4.40. The number of nitrogens with zero attached hydrogens (tertiary/aromatic N) is 1. The van der Waals surface area contributed by atoms with Crippen LogP contribution in [-0.4, -0.2) is 16.9 Å². The zero-order valence-corrected chi connectivity index (χ0v) is 11.1. The Balaban J connectivity index is 1.95. The molecule has 1 aromatic carbocycles. The van der Waals surface area contributed by atoms with Gasteiger partial charge in [0.2, 0.25) is 11.8 Å². The molecule has 1 N–H and O–H groups in total. The first kappa shape index (κ1) is 13.1. The Morgan fingerprint density at radius 1 is 1.15 bits per heavy atom. The van der Waals surface area contributed by atoms with Crippen molar-refractivity contribution in [1.82, 2.24) is 0 Å². The van der Waals surface area contributed by atoms with Crippen molar-refractivity contribution in [3.8, 4) is 5.75 Å². The minimum absolute atomic E-state index is 0.206. The molecule has 2 fully saturated rings. The average Bonchev–Trinajstić information content (AvgIpc) is 2.66. The molecule has 0 atom stereocenters. The average molecular weight is 277 g/mol. The highest BCUT2D eigenvalue weighted by Gasteiger charge is 2.52. The third-order valence-corrected chi connectivity index (χ3v) is 4.40. The van der Waals surface area contributed by atoms with Crippen LogP contribution in [0.3, 0.4) is 0 Å². The second-order valence-electron chi connectivity index (χ2n) is 5.69. The number of hydrogen-bond acceptors (Lipinski definition) is 3. The van der Waals surface area contributed by atoms with E-state index in [0.717, 1.165) is 49.1 Å². The number of benzene rings is 1. The Morgan fingerprint density at radius 2 is 1.85 bits per heavy atom. The van der Waals surface area contributed by atoms with Crippen LogP contribution in [0.25, 0.3) is 0 Å². The summed E-state index contributed by atoms with van der Waals surface area (Å²) < 4.78 is 13.4. The Hall–Kier alpha value is -1.91. The van der Waals surface area contributed by atoms with E-state index in [1.54, 1.807) is 0 Å². The molecule has 2 aliphatic rings. The molecular weight excluding hydrogens is 261 g/mol. The molecule has 1 saturated heterocycles.